The number of amides is 2. The van der Waals surface area contributed by atoms with E-state index in [1.54, 1.807) is 37.3 Å². The van der Waals surface area contributed by atoms with Crippen LogP contribution in [0.1, 0.15) is 38.5 Å². The van der Waals surface area contributed by atoms with E-state index in [1.165, 1.54) is 30.2 Å². The van der Waals surface area contributed by atoms with Crippen molar-refractivity contribution < 1.29 is 19.1 Å². The van der Waals surface area contributed by atoms with Crippen molar-refractivity contribution in [3.05, 3.63) is 72.3 Å². The largest absolute Gasteiger partial charge is 0.493 e. The normalized spacial score (nSPS) is 18.4. The van der Waals surface area contributed by atoms with E-state index in [1.807, 2.05) is 30.3 Å². The lowest BCUT2D eigenvalue weighted by Gasteiger charge is -2.19. The number of rotatable bonds is 9. The number of hydrogen-bond donors (Lipinski definition) is 1. The molecule has 1 saturated heterocycles. The topological polar surface area (TPSA) is 80.2 Å². The molecule has 0 spiro atoms. The Hall–Kier alpha value is -3.78. The van der Waals surface area contributed by atoms with E-state index < -0.39 is 5.25 Å². The SMILES string of the molecule is COc1ccc(NC(=O)CC2SC(=Nc3cccc4ccccc34)N(CCC3=CCCCC3)C2=O)cc1OC. The molecular formula is C31H33N3O4S. The molecule has 3 aromatic rings. The van der Waals surface area contributed by atoms with E-state index in [2.05, 4.69) is 23.5 Å². The summed E-state index contributed by atoms with van der Waals surface area (Å²) < 4.78 is 10.6. The summed E-state index contributed by atoms with van der Waals surface area (Å²) in [6, 6.07) is 19.3. The van der Waals surface area contributed by atoms with E-state index in [4.69, 9.17) is 14.5 Å². The molecule has 8 heteroatoms. The van der Waals surface area contributed by atoms with Crippen molar-refractivity contribution in [2.45, 2.75) is 43.8 Å². The minimum absolute atomic E-state index is 0.0472. The molecule has 0 radical (unpaired) electrons. The zero-order chi connectivity index (χ0) is 27.2. The van der Waals surface area contributed by atoms with Crippen LogP contribution in [0.2, 0.25) is 0 Å². The van der Waals surface area contributed by atoms with Crippen molar-refractivity contribution >= 4 is 50.9 Å². The second-order valence-electron chi connectivity index (χ2n) is 9.67. The third-order valence-corrected chi connectivity index (χ3v) is 8.26. The molecule has 2 amide bonds. The van der Waals surface area contributed by atoms with Gasteiger partial charge in [0, 0.05) is 30.1 Å². The number of thioether (sulfide) groups is 1. The molecule has 1 heterocycles. The van der Waals surface area contributed by atoms with Gasteiger partial charge in [-0.1, -0.05) is 59.8 Å². The predicted octanol–water partition coefficient (Wildman–Crippen LogP) is 6.71. The highest BCUT2D eigenvalue weighted by atomic mass is 32.2. The van der Waals surface area contributed by atoms with Crippen molar-refractivity contribution in [2.24, 2.45) is 4.99 Å². The summed E-state index contributed by atoms with van der Waals surface area (Å²) in [4.78, 5) is 33.3. The van der Waals surface area contributed by atoms with Crippen LogP contribution >= 0.6 is 11.8 Å². The number of benzene rings is 3. The van der Waals surface area contributed by atoms with Gasteiger partial charge < -0.3 is 14.8 Å². The van der Waals surface area contributed by atoms with Crippen molar-refractivity contribution in [1.82, 2.24) is 4.90 Å². The van der Waals surface area contributed by atoms with Crippen LogP contribution in [0.4, 0.5) is 11.4 Å². The van der Waals surface area contributed by atoms with E-state index in [9.17, 15) is 9.59 Å². The van der Waals surface area contributed by atoms with E-state index in [0.717, 1.165) is 35.7 Å². The van der Waals surface area contributed by atoms with Gasteiger partial charge in [0.15, 0.2) is 16.7 Å². The smallest absolute Gasteiger partial charge is 0.242 e. The molecule has 7 nitrogen and oxygen atoms in total. The van der Waals surface area contributed by atoms with Crippen LogP contribution < -0.4 is 14.8 Å². The number of hydrogen-bond acceptors (Lipinski definition) is 6. The second kappa shape index (κ2) is 12.4. The maximum Gasteiger partial charge on any atom is 0.242 e. The number of amidine groups is 1. The van der Waals surface area contributed by atoms with Crippen LogP contribution in [0, 0.1) is 0 Å². The minimum atomic E-state index is -0.542. The molecule has 0 saturated carbocycles. The first-order valence-electron chi connectivity index (χ1n) is 13.3. The number of fused-ring (bicyclic) bond motifs is 1. The molecule has 5 rings (SSSR count). The zero-order valence-electron chi connectivity index (χ0n) is 22.3. The van der Waals surface area contributed by atoms with E-state index >= 15 is 0 Å². The van der Waals surface area contributed by atoms with Crippen LogP contribution in [-0.4, -0.2) is 47.9 Å². The van der Waals surface area contributed by atoms with Crippen LogP contribution in [0.25, 0.3) is 10.8 Å². The van der Waals surface area contributed by atoms with Gasteiger partial charge in [-0.2, -0.15) is 0 Å². The molecule has 1 fully saturated rings. The highest BCUT2D eigenvalue weighted by Crippen LogP contribution is 2.35. The Labute approximate surface area is 233 Å². The third kappa shape index (κ3) is 6.28. The summed E-state index contributed by atoms with van der Waals surface area (Å²) in [6.07, 6.45) is 7.80. The minimum Gasteiger partial charge on any atom is -0.493 e. The van der Waals surface area contributed by atoms with E-state index in [-0.39, 0.29) is 18.2 Å². The van der Waals surface area contributed by atoms with Gasteiger partial charge in [0.2, 0.25) is 11.8 Å². The van der Waals surface area contributed by atoms with Crippen LogP contribution in [0.5, 0.6) is 11.5 Å². The molecule has 1 N–H and O–H groups in total. The standard InChI is InChI=1S/C31H33N3O4S/c1-37-26-16-15-23(19-27(26)38-2)32-29(35)20-28-30(36)34(18-17-21-9-4-3-5-10-21)31(39-28)33-25-14-8-12-22-11-6-7-13-24(22)25/h6-9,11-16,19,28H,3-5,10,17-18,20H2,1-2H3,(H,32,35). The van der Waals surface area contributed by atoms with Gasteiger partial charge in [0.1, 0.15) is 5.25 Å². The van der Waals surface area contributed by atoms with Crippen LogP contribution in [0.15, 0.2) is 77.3 Å². The van der Waals surface area contributed by atoms with Crippen molar-refractivity contribution in [1.29, 1.82) is 0 Å². The van der Waals surface area contributed by atoms with Gasteiger partial charge >= 0.3 is 0 Å². The number of carbonyl (C=O) groups is 2. The molecule has 1 aliphatic carbocycles. The Morgan fingerprint density at radius 3 is 2.67 bits per heavy atom. The van der Waals surface area contributed by atoms with E-state index in [0.29, 0.717) is 28.9 Å². The number of nitrogens with zero attached hydrogens (tertiary/aromatic N) is 2. The summed E-state index contributed by atoms with van der Waals surface area (Å²) in [5, 5.41) is 5.13. The first kappa shape index (κ1) is 26.8. The monoisotopic (exact) mass is 543 g/mol. The Balaban J connectivity index is 1.36. The molecule has 1 aliphatic heterocycles. The molecule has 0 aromatic heterocycles. The molecule has 2 aliphatic rings. The Bertz CT molecular complexity index is 1430. The Kier molecular flexibility index (Phi) is 8.51. The Morgan fingerprint density at radius 1 is 1.05 bits per heavy atom. The first-order chi connectivity index (χ1) is 19.1. The lowest BCUT2D eigenvalue weighted by molar-refractivity contribution is -0.128. The second-order valence-corrected chi connectivity index (χ2v) is 10.8. The van der Waals surface area contributed by atoms with Gasteiger partial charge in [-0.25, -0.2) is 4.99 Å². The van der Waals surface area contributed by atoms with Crippen molar-refractivity contribution in [3.63, 3.8) is 0 Å². The summed E-state index contributed by atoms with van der Waals surface area (Å²) in [7, 11) is 3.11. The van der Waals surface area contributed by atoms with Gasteiger partial charge in [-0.05, 0) is 55.7 Å². The van der Waals surface area contributed by atoms with Crippen LogP contribution in [-0.2, 0) is 9.59 Å². The number of allylic oxidation sites excluding steroid dienone is 1. The van der Waals surface area contributed by atoms with Gasteiger partial charge in [-0.15, -0.1) is 0 Å². The lowest BCUT2D eigenvalue weighted by Crippen LogP contribution is -2.34. The van der Waals surface area contributed by atoms with Gasteiger partial charge in [0.05, 0.1) is 19.9 Å². The number of methoxy groups -OCH3 is 2. The number of carbonyl (C=O) groups excluding carboxylic acids is 2. The molecule has 39 heavy (non-hydrogen) atoms. The highest BCUT2D eigenvalue weighted by Gasteiger charge is 2.39. The average Bonchev–Trinajstić information content (AvgIpc) is 3.25. The molecule has 1 atom stereocenters. The summed E-state index contributed by atoms with van der Waals surface area (Å²) in [5.74, 6) is 0.789. The number of aliphatic imine (C=N–C) groups is 1. The fraction of sp³-hybridized carbons (Fsp3) is 0.323. The molecular weight excluding hydrogens is 510 g/mol. The number of anilines is 1. The molecule has 1 unspecified atom stereocenters. The van der Waals surface area contributed by atoms with Gasteiger partial charge in [-0.3, -0.25) is 14.5 Å². The fourth-order valence-electron chi connectivity index (χ4n) is 5.02. The first-order valence-corrected chi connectivity index (χ1v) is 14.2. The predicted molar refractivity (Wildman–Crippen MR) is 158 cm³/mol. The zero-order valence-corrected chi connectivity index (χ0v) is 23.1. The van der Waals surface area contributed by atoms with Crippen LogP contribution in [0.3, 0.4) is 0 Å². The number of nitrogens with one attached hydrogen (secondary N) is 1. The Morgan fingerprint density at radius 2 is 1.87 bits per heavy atom. The number of ether oxygens (including phenoxy) is 2. The maximum atomic E-state index is 13.6. The highest BCUT2D eigenvalue weighted by molar-refractivity contribution is 8.15. The third-order valence-electron chi connectivity index (χ3n) is 7.08. The summed E-state index contributed by atoms with van der Waals surface area (Å²) >= 11 is 1.37. The average molecular weight is 544 g/mol. The van der Waals surface area contributed by atoms with Gasteiger partial charge in [0.25, 0.3) is 0 Å². The van der Waals surface area contributed by atoms with Crippen molar-refractivity contribution in [3.8, 4) is 11.5 Å². The maximum absolute atomic E-state index is 13.6. The molecule has 3 aromatic carbocycles. The summed E-state index contributed by atoms with van der Waals surface area (Å²) in [6.45, 7) is 0.565. The van der Waals surface area contributed by atoms with Crippen molar-refractivity contribution in [2.75, 3.05) is 26.1 Å². The summed E-state index contributed by atoms with van der Waals surface area (Å²) in [5.41, 5.74) is 2.80. The quantitative estimate of drug-likeness (QED) is 0.304. The lowest BCUT2D eigenvalue weighted by atomic mass is 9.97. The fourth-order valence-corrected chi connectivity index (χ4v) is 6.20. The molecule has 202 valence electrons. The molecule has 0 bridgehead atoms.